The first-order chi connectivity index (χ1) is 9.02. The maximum Gasteiger partial charge on any atom is 0.0642 e. The molecule has 0 spiro atoms. The van der Waals surface area contributed by atoms with Crippen molar-refractivity contribution in [1.29, 1.82) is 0 Å². The van der Waals surface area contributed by atoms with E-state index in [0.29, 0.717) is 6.04 Å². The molecule has 0 aromatic heterocycles. The van der Waals surface area contributed by atoms with Gasteiger partial charge in [-0.1, -0.05) is 31.5 Å². The molecule has 0 aliphatic carbocycles. The zero-order valence-corrected chi connectivity index (χ0v) is 13.2. The Morgan fingerprint density at radius 2 is 2.05 bits per heavy atom. The fourth-order valence-corrected chi connectivity index (χ4v) is 3.07. The number of nitrogens with one attached hydrogen (secondary N) is 1. The van der Waals surface area contributed by atoms with Gasteiger partial charge >= 0.3 is 0 Å². The largest absolute Gasteiger partial charge is 0.370 e. The third-order valence-corrected chi connectivity index (χ3v) is 4.72. The second kappa shape index (κ2) is 6.15. The SMILES string of the molecule is CNC(C)c1ccc(N2CCC(C(C)C)C2)c(Cl)c1. The Balaban J connectivity index is 2.14. The van der Waals surface area contributed by atoms with Gasteiger partial charge in [-0.2, -0.15) is 0 Å². The van der Waals surface area contributed by atoms with Gasteiger partial charge in [-0.25, -0.2) is 0 Å². The molecule has 1 aliphatic rings. The molecule has 19 heavy (non-hydrogen) atoms. The Bertz CT molecular complexity index is 431. The van der Waals surface area contributed by atoms with Crippen LogP contribution in [0.5, 0.6) is 0 Å². The number of hydrogen-bond acceptors (Lipinski definition) is 2. The fourth-order valence-electron chi connectivity index (χ4n) is 2.77. The van der Waals surface area contributed by atoms with Crippen molar-refractivity contribution in [3.8, 4) is 0 Å². The first-order valence-corrected chi connectivity index (χ1v) is 7.62. The maximum atomic E-state index is 6.47. The molecule has 1 N–H and O–H groups in total. The van der Waals surface area contributed by atoms with E-state index in [1.165, 1.54) is 17.7 Å². The maximum absolute atomic E-state index is 6.47. The van der Waals surface area contributed by atoms with Gasteiger partial charge in [0.2, 0.25) is 0 Å². The third kappa shape index (κ3) is 3.24. The minimum Gasteiger partial charge on any atom is -0.370 e. The molecule has 1 fully saturated rings. The monoisotopic (exact) mass is 280 g/mol. The standard InChI is InChI=1S/C16H25ClN2/c1-11(2)14-7-8-19(10-14)16-6-5-13(9-15(16)17)12(3)18-4/h5-6,9,11-12,14,18H,7-8,10H2,1-4H3. The van der Waals surface area contributed by atoms with Crippen LogP contribution in [0.25, 0.3) is 0 Å². The average Bonchev–Trinajstić information content (AvgIpc) is 2.87. The van der Waals surface area contributed by atoms with Crippen molar-refractivity contribution in [2.75, 3.05) is 25.0 Å². The third-order valence-electron chi connectivity index (χ3n) is 4.41. The van der Waals surface area contributed by atoms with Crippen molar-refractivity contribution in [2.24, 2.45) is 11.8 Å². The number of rotatable bonds is 4. The summed E-state index contributed by atoms with van der Waals surface area (Å²) in [7, 11) is 1.97. The van der Waals surface area contributed by atoms with Crippen LogP contribution in [0.15, 0.2) is 18.2 Å². The minimum absolute atomic E-state index is 0.341. The predicted octanol–water partition coefficient (Wildman–Crippen LogP) is 4.10. The van der Waals surface area contributed by atoms with Gasteiger partial charge in [-0.05, 0) is 49.9 Å². The highest BCUT2D eigenvalue weighted by Gasteiger charge is 2.26. The summed E-state index contributed by atoms with van der Waals surface area (Å²) in [4.78, 5) is 2.43. The summed E-state index contributed by atoms with van der Waals surface area (Å²) in [6.07, 6.45) is 1.28. The van der Waals surface area contributed by atoms with Gasteiger partial charge in [-0.3, -0.25) is 0 Å². The van der Waals surface area contributed by atoms with Crippen molar-refractivity contribution in [2.45, 2.75) is 33.2 Å². The molecule has 2 atom stereocenters. The molecule has 1 heterocycles. The number of halogens is 1. The molecule has 0 saturated carbocycles. The van der Waals surface area contributed by atoms with Crippen LogP contribution >= 0.6 is 11.6 Å². The Labute approximate surface area is 122 Å². The molecule has 2 nitrogen and oxygen atoms in total. The molecular weight excluding hydrogens is 256 g/mol. The lowest BCUT2D eigenvalue weighted by Crippen LogP contribution is -2.21. The van der Waals surface area contributed by atoms with E-state index in [0.717, 1.165) is 29.9 Å². The van der Waals surface area contributed by atoms with E-state index in [1.54, 1.807) is 0 Å². The van der Waals surface area contributed by atoms with Crippen molar-refractivity contribution in [1.82, 2.24) is 5.32 Å². The number of nitrogens with zero attached hydrogens (tertiary/aromatic N) is 1. The number of anilines is 1. The van der Waals surface area contributed by atoms with E-state index in [-0.39, 0.29) is 0 Å². The molecule has 2 rings (SSSR count). The quantitative estimate of drug-likeness (QED) is 0.893. The topological polar surface area (TPSA) is 15.3 Å². The van der Waals surface area contributed by atoms with Crippen LogP contribution in [0.2, 0.25) is 5.02 Å². The molecule has 2 unspecified atom stereocenters. The first kappa shape index (κ1) is 14.7. The Morgan fingerprint density at radius 3 is 2.58 bits per heavy atom. The van der Waals surface area contributed by atoms with Crippen LogP contribution in [-0.2, 0) is 0 Å². The lowest BCUT2D eigenvalue weighted by molar-refractivity contribution is 0.423. The van der Waals surface area contributed by atoms with Crippen LogP contribution in [0.1, 0.15) is 38.8 Å². The first-order valence-electron chi connectivity index (χ1n) is 7.24. The highest BCUT2D eigenvalue weighted by Crippen LogP contribution is 2.34. The molecule has 0 radical (unpaired) electrons. The molecular formula is C16H25ClN2. The Morgan fingerprint density at radius 1 is 1.32 bits per heavy atom. The minimum atomic E-state index is 0.341. The lowest BCUT2D eigenvalue weighted by Gasteiger charge is -2.22. The smallest absolute Gasteiger partial charge is 0.0642 e. The lowest BCUT2D eigenvalue weighted by atomic mass is 9.95. The van der Waals surface area contributed by atoms with Gasteiger partial charge in [0.25, 0.3) is 0 Å². The van der Waals surface area contributed by atoms with Gasteiger partial charge in [0, 0.05) is 19.1 Å². The normalized spacial score (nSPS) is 21.2. The highest BCUT2D eigenvalue weighted by molar-refractivity contribution is 6.33. The van der Waals surface area contributed by atoms with Crippen LogP contribution in [0, 0.1) is 11.8 Å². The summed E-state index contributed by atoms with van der Waals surface area (Å²) in [5.74, 6) is 1.55. The van der Waals surface area contributed by atoms with Crippen LogP contribution in [-0.4, -0.2) is 20.1 Å². The zero-order valence-electron chi connectivity index (χ0n) is 12.4. The molecule has 1 aromatic carbocycles. The summed E-state index contributed by atoms with van der Waals surface area (Å²) in [6, 6.07) is 6.80. The Hall–Kier alpha value is -0.730. The average molecular weight is 281 g/mol. The van der Waals surface area contributed by atoms with E-state index in [9.17, 15) is 0 Å². The van der Waals surface area contributed by atoms with E-state index >= 15 is 0 Å². The molecule has 3 heteroatoms. The van der Waals surface area contributed by atoms with E-state index in [4.69, 9.17) is 11.6 Å². The van der Waals surface area contributed by atoms with Gasteiger partial charge < -0.3 is 10.2 Å². The van der Waals surface area contributed by atoms with Crippen molar-refractivity contribution >= 4 is 17.3 Å². The highest BCUT2D eigenvalue weighted by atomic mass is 35.5. The summed E-state index contributed by atoms with van der Waals surface area (Å²) in [5, 5.41) is 4.13. The van der Waals surface area contributed by atoms with E-state index < -0.39 is 0 Å². The molecule has 0 bridgehead atoms. The molecule has 106 valence electrons. The van der Waals surface area contributed by atoms with Crippen molar-refractivity contribution in [3.05, 3.63) is 28.8 Å². The van der Waals surface area contributed by atoms with Crippen LogP contribution < -0.4 is 10.2 Å². The van der Waals surface area contributed by atoms with Crippen LogP contribution in [0.4, 0.5) is 5.69 Å². The van der Waals surface area contributed by atoms with Crippen LogP contribution in [0.3, 0.4) is 0 Å². The van der Waals surface area contributed by atoms with Crippen molar-refractivity contribution < 1.29 is 0 Å². The predicted molar refractivity (Wildman–Crippen MR) is 84.1 cm³/mol. The summed E-state index contributed by atoms with van der Waals surface area (Å²) in [6.45, 7) is 9.04. The summed E-state index contributed by atoms with van der Waals surface area (Å²) >= 11 is 6.47. The van der Waals surface area contributed by atoms with E-state index in [2.05, 4.69) is 49.2 Å². The second-order valence-electron chi connectivity index (χ2n) is 5.96. The Kier molecular flexibility index (Phi) is 4.75. The zero-order chi connectivity index (χ0) is 14.0. The summed E-state index contributed by atoms with van der Waals surface area (Å²) < 4.78 is 0. The number of hydrogen-bond donors (Lipinski definition) is 1. The molecule has 1 aliphatic heterocycles. The fraction of sp³-hybridized carbons (Fsp3) is 0.625. The van der Waals surface area contributed by atoms with Gasteiger partial charge in [0.1, 0.15) is 0 Å². The molecule has 1 saturated heterocycles. The number of benzene rings is 1. The van der Waals surface area contributed by atoms with E-state index in [1.807, 2.05) is 7.05 Å². The van der Waals surface area contributed by atoms with Gasteiger partial charge in [0.05, 0.1) is 10.7 Å². The van der Waals surface area contributed by atoms with Crippen molar-refractivity contribution in [3.63, 3.8) is 0 Å². The van der Waals surface area contributed by atoms with Gasteiger partial charge in [-0.15, -0.1) is 0 Å². The summed E-state index contributed by atoms with van der Waals surface area (Å²) in [5.41, 5.74) is 2.44. The molecule has 0 amide bonds. The van der Waals surface area contributed by atoms with Gasteiger partial charge in [0.15, 0.2) is 0 Å². The molecule has 1 aromatic rings. The second-order valence-corrected chi connectivity index (χ2v) is 6.37.